The lowest BCUT2D eigenvalue weighted by Gasteiger charge is -2.35. The summed E-state index contributed by atoms with van der Waals surface area (Å²) in [5.74, 6) is 0.0328. The van der Waals surface area contributed by atoms with Crippen LogP contribution in [-0.4, -0.2) is 42.1 Å². The molecule has 0 aromatic carbocycles. The van der Waals surface area contributed by atoms with Crippen LogP contribution in [0.2, 0.25) is 0 Å². The van der Waals surface area contributed by atoms with Crippen molar-refractivity contribution in [3.8, 4) is 0 Å². The lowest BCUT2D eigenvalue weighted by molar-refractivity contribution is -0.144. The van der Waals surface area contributed by atoms with E-state index < -0.39 is 0 Å². The average Bonchev–Trinajstić information content (AvgIpc) is 2.40. The van der Waals surface area contributed by atoms with Gasteiger partial charge in [0.25, 0.3) is 5.91 Å². The van der Waals surface area contributed by atoms with E-state index in [9.17, 15) is 4.79 Å². The van der Waals surface area contributed by atoms with Crippen LogP contribution in [0.15, 0.2) is 0 Å². The van der Waals surface area contributed by atoms with Gasteiger partial charge in [0.2, 0.25) is 0 Å². The predicted molar refractivity (Wildman–Crippen MR) is 54.9 cm³/mol. The molecule has 0 saturated carbocycles. The maximum atomic E-state index is 11.9. The van der Waals surface area contributed by atoms with E-state index in [0.717, 1.165) is 13.0 Å². The highest BCUT2D eigenvalue weighted by molar-refractivity contribution is 5.81. The monoisotopic (exact) mass is 200 g/mol. The highest BCUT2D eigenvalue weighted by atomic mass is 16.5. The van der Waals surface area contributed by atoms with Gasteiger partial charge in [-0.3, -0.25) is 4.79 Å². The molecule has 1 heterocycles. The van der Waals surface area contributed by atoms with E-state index in [4.69, 9.17) is 10.5 Å². The smallest absolute Gasteiger partial charge is 0.251 e. The minimum absolute atomic E-state index is 0.0328. The van der Waals surface area contributed by atoms with Crippen LogP contribution in [0.25, 0.3) is 0 Å². The number of methoxy groups -OCH3 is 1. The van der Waals surface area contributed by atoms with Gasteiger partial charge in [-0.15, -0.1) is 0 Å². The van der Waals surface area contributed by atoms with Gasteiger partial charge in [-0.25, -0.2) is 0 Å². The molecule has 1 aliphatic rings. The molecule has 82 valence electrons. The number of likely N-dealkylation sites (tertiary alicyclic amines) is 1. The molecule has 1 amide bonds. The van der Waals surface area contributed by atoms with Crippen LogP contribution in [0.1, 0.15) is 27.2 Å². The SMILES string of the molecule is COC(C)C(=O)N1CCC(N)C1(C)C. The maximum Gasteiger partial charge on any atom is 0.251 e. The summed E-state index contributed by atoms with van der Waals surface area (Å²) < 4.78 is 5.02. The average molecular weight is 200 g/mol. The Morgan fingerprint density at radius 1 is 1.64 bits per heavy atom. The van der Waals surface area contributed by atoms with Crippen LogP contribution in [0.5, 0.6) is 0 Å². The van der Waals surface area contributed by atoms with E-state index in [1.54, 1.807) is 14.0 Å². The largest absolute Gasteiger partial charge is 0.372 e. The molecule has 1 aliphatic heterocycles. The van der Waals surface area contributed by atoms with Crippen molar-refractivity contribution >= 4 is 5.91 Å². The molecule has 0 aliphatic carbocycles. The summed E-state index contributed by atoms with van der Waals surface area (Å²) in [6.07, 6.45) is 0.495. The maximum absolute atomic E-state index is 11.9. The van der Waals surface area contributed by atoms with Gasteiger partial charge in [0.15, 0.2) is 0 Å². The zero-order chi connectivity index (χ0) is 10.9. The second kappa shape index (κ2) is 3.87. The standard InChI is InChI=1S/C10H20N2O2/c1-7(14-4)9(13)12-6-5-8(11)10(12,2)3/h7-8H,5-6,11H2,1-4H3. The van der Waals surface area contributed by atoms with Crippen LogP contribution >= 0.6 is 0 Å². The Bertz CT molecular complexity index is 228. The summed E-state index contributed by atoms with van der Waals surface area (Å²) in [5.41, 5.74) is 5.70. The predicted octanol–water partition coefficient (Wildman–Crippen LogP) is 0.359. The number of hydrogen-bond donors (Lipinski definition) is 1. The third kappa shape index (κ3) is 1.77. The first-order valence-corrected chi connectivity index (χ1v) is 5.01. The number of amides is 1. The lowest BCUT2D eigenvalue weighted by Crippen LogP contribution is -2.53. The van der Waals surface area contributed by atoms with E-state index in [1.165, 1.54) is 0 Å². The van der Waals surface area contributed by atoms with Crippen molar-refractivity contribution in [1.82, 2.24) is 4.90 Å². The fourth-order valence-corrected chi connectivity index (χ4v) is 1.82. The summed E-state index contributed by atoms with van der Waals surface area (Å²) in [6, 6.07) is 0.0653. The van der Waals surface area contributed by atoms with Crippen LogP contribution in [0, 0.1) is 0 Å². The summed E-state index contributed by atoms with van der Waals surface area (Å²) >= 11 is 0. The molecule has 0 bridgehead atoms. The van der Waals surface area contributed by atoms with Crippen LogP contribution in [0.4, 0.5) is 0 Å². The van der Waals surface area contributed by atoms with Gasteiger partial charge in [0.05, 0.1) is 5.54 Å². The molecule has 1 rings (SSSR count). The summed E-state index contributed by atoms with van der Waals surface area (Å²) in [6.45, 7) is 6.51. The van der Waals surface area contributed by atoms with E-state index in [1.807, 2.05) is 18.7 Å². The molecule has 1 saturated heterocycles. The van der Waals surface area contributed by atoms with E-state index in [0.29, 0.717) is 0 Å². The second-order valence-corrected chi connectivity index (χ2v) is 4.42. The van der Waals surface area contributed by atoms with Crippen molar-refractivity contribution < 1.29 is 9.53 Å². The first-order chi connectivity index (χ1) is 6.41. The quantitative estimate of drug-likeness (QED) is 0.700. The summed E-state index contributed by atoms with van der Waals surface area (Å²) in [5, 5.41) is 0. The zero-order valence-electron chi connectivity index (χ0n) is 9.41. The number of nitrogens with zero attached hydrogens (tertiary/aromatic N) is 1. The van der Waals surface area contributed by atoms with Crippen molar-refractivity contribution in [1.29, 1.82) is 0 Å². The molecule has 4 heteroatoms. The van der Waals surface area contributed by atoms with Crippen molar-refractivity contribution in [3.05, 3.63) is 0 Å². The minimum atomic E-state index is -0.375. The van der Waals surface area contributed by atoms with Gasteiger partial charge in [0.1, 0.15) is 6.10 Å². The highest BCUT2D eigenvalue weighted by Crippen LogP contribution is 2.28. The first-order valence-electron chi connectivity index (χ1n) is 5.01. The van der Waals surface area contributed by atoms with E-state index in [2.05, 4.69) is 0 Å². The number of ether oxygens (including phenoxy) is 1. The van der Waals surface area contributed by atoms with E-state index >= 15 is 0 Å². The third-order valence-electron chi connectivity index (χ3n) is 3.23. The number of nitrogens with two attached hydrogens (primary N) is 1. The Morgan fingerprint density at radius 2 is 2.21 bits per heavy atom. The van der Waals surface area contributed by atoms with Gasteiger partial charge in [-0.1, -0.05) is 0 Å². The molecule has 2 unspecified atom stereocenters. The van der Waals surface area contributed by atoms with Crippen molar-refractivity contribution in [3.63, 3.8) is 0 Å². The second-order valence-electron chi connectivity index (χ2n) is 4.42. The van der Waals surface area contributed by atoms with Crippen LogP contribution in [-0.2, 0) is 9.53 Å². The Kier molecular flexibility index (Phi) is 3.17. The Hall–Kier alpha value is -0.610. The number of carbonyl (C=O) groups excluding carboxylic acids is 1. The Morgan fingerprint density at radius 3 is 2.57 bits per heavy atom. The molecule has 4 nitrogen and oxygen atoms in total. The fourth-order valence-electron chi connectivity index (χ4n) is 1.82. The van der Waals surface area contributed by atoms with Crippen molar-refractivity contribution in [2.24, 2.45) is 5.73 Å². The van der Waals surface area contributed by atoms with Gasteiger partial charge in [-0.05, 0) is 27.2 Å². The van der Waals surface area contributed by atoms with Gasteiger partial charge < -0.3 is 15.4 Å². The van der Waals surface area contributed by atoms with Crippen molar-refractivity contribution in [2.75, 3.05) is 13.7 Å². The highest BCUT2D eigenvalue weighted by Gasteiger charge is 2.42. The van der Waals surface area contributed by atoms with Gasteiger partial charge in [-0.2, -0.15) is 0 Å². The molecule has 0 aromatic heterocycles. The fraction of sp³-hybridized carbons (Fsp3) is 0.900. The van der Waals surface area contributed by atoms with Crippen LogP contribution < -0.4 is 5.73 Å². The molecular formula is C10H20N2O2. The molecule has 0 radical (unpaired) electrons. The first kappa shape index (κ1) is 11.5. The topological polar surface area (TPSA) is 55.6 Å². The van der Waals surface area contributed by atoms with E-state index in [-0.39, 0.29) is 23.6 Å². The molecule has 0 spiro atoms. The lowest BCUT2D eigenvalue weighted by atomic mass is 9.96. The summed E-state index contributed by atoms with van der Waals surface area (Å²) in [7, 11) is 1.55. The normalized spacial score (nSPS) is 27.8. The van der Waals surface area contributed by atoms with Gasteiger partial charge >= 0.3 is 0 Å². The Balaban J connectivity index is 2.75. The molecule has 0 aromatic rings. The van der Waals surface area contributed by atoms with Crippen molar-refractivity contribution in [2.45, 2.75) is 44.9 Å². The molecule has 2 atom stereocenters. The summed E-state index contributed by atoms with van der Waals surface area (Å²) in [4.78, 5) is 13.7. The molecular weight excluding hydrogens is 180 g/mol. The zero-order valence-corrected chi connectivity index (χ0v) is 9.41. The number of hydrogen-bond acceptors (Lipinski definition) is 3. The van der Waals surface area contributed by atoms with Gasteiger partial charge in [0, 0.05) is 19.7 Å². The minimum Gasteiger partial charge on any atom is -0.372 e. The number of carbonyl (C=O) groups is 1. The number of rotatable bonds is 2. The third-order valence-corrected chi connectivity index (χ3v) is 3.23. The molecule has 1 fully saturated rings. The van der Waals surface area contributed by atoms with Crippen LogP contribution in [0.3, 0.4) is 0 Å². The molecule has 14 heavy (non-hydrogen) atoms. The Labute approximate surface area is 85.4 Å². The molecule has 2 N–H and O–H groups in total.